The highest BCUT2D eigenvalue weighted by Gasteiger charge is 2.89. The van der Waals surface area contributed by atoms with E-state index in [4.69, 9.17) is 21.1 Å². The lowest BCUT2D eigenvalue weighted by molar-refractivity contribution is 0.0894. The Balaban J connectivity index is 1.12. The lowest BCUT2D eigenvalue weighted by Crippen LogP contribution is -2.47. The number of fused-ring (bicyclic) bond motifs is 4. The molecule has 3 fully saturated rings. The summed E-state index contributed by atoms with van der Waals surface area (Å²) in [5.74, 6) is -0.251. The number of carbonyl (C=O) groups is 2. The van der Waals surface area contributed by atoms with E-state index in [0.29, 0.717) is 41.9 Å². The molecule has 3 saturated carbocycles. The molecule has 2 aliphatic heterocycles. The number of carbonyl (C=O) groups excluding carboxylic acids is 2. The zero-order chi connectivity index (χ0) is 36.0. The third-order valence-corrected chi connectivity index (χ3v) is 15.1. The highest BCUT2D eigenvalue weighted by Crippen LogP contribution is 2.91. The molecule has 12 heteroatoms. The SMILES string of the molecule is CO[C@H]1/C=C/C[C@H](C)C[S@@](=O)(NC(=O)c2cnn(C3CC3)c2)=NC(=O)c2ccc3c(c2)N(C[C@@]2(CCCc4cc(Cl)ccc42)CO3)C[C@]23C[C@@]2(C)[C@@H]13. The van der Waals surface area contributed by atoms with E-state index in [1.165, 1.54) is 17.3 Å². The van der Waals surface area contributed by atoms with Gasteiger partial charge in [0.2, 0.25) is 0 Å². The Labute approximate surface area is 310 Å². The minimum absolute atomic E-state index is 0.0143. The average molecular weight is 744 g/mol. The van der Waals surface area contributed by atoms with Gasteiger partial charge in [0.25, 0.3) is 11.8 Å². The molecular formula is C40H46ClN5O5S. The Morgan fingerprint density at radius 3 is 2.81 bits per heavy atom. The molecular weight excluding hydrogens is 698 g/mol. The van der Waals surface area contributed by atoms with E-state index < -0.39 is 21.7 Å². The van der Waals surface area contributed by atoms with Crippen LogP contribution in [-0.2, 0) is 26.5 Å². The number of aryl methyl sites for hydroxylation is 1. The summed E-state index contributed by atoms with van der Waals surface area (Å²) in [6.07, 6.45) is 14.1. The number of anilines is 1. The number of nitrogens with zero attached hydrogens (tertiary/aromatic N) is 4. The van der Waals surface area contributed by atoms with Crippen LogP contribution in [0.2, 0.25) is 5.02 Å². The lowest BCUT2D eigenvalue weighted by atomic mass is 9.70. The second kappa shape index (κ2) is 12.2. The first-order valence-corrected chi connectivity index (χ1v) is 20.7. The van der Waals surface area contributed by atoms with Crippen LogP contribution >= 0.6 is 11.6 Å². The van der Waals surface area contributed by atoms with Gasteiger partial charge in [-0.15, -0.1) is 4.36 Å². The monoisotopic (exact) mass is 743 g/mol. The average Bonchev–Trinajstić information content (AvgIpc) is 4.05. The van der Waals surface area contributed by atoms with Gasteiger partial charge in [0.05, 0.1) is 42.0 Å². The maximum absolute atomic E-state index is 14.6. The van der Waals surface area contributed by atoms with E-state index in [0.717, 1.165) is 62.3 Å². The van der Waals surface area contributed by atoms with Crippen LogP contribution < -0.4 is 14.4 Å². The van der Waals surface area contributed by atoms with Gasteiger partial charge < -0.3 is 14.4 Å². The fourth-order valence-electron chi connectivity index (χ4n) is 9.87. The molecule has 9 rings (SSSR count). The van der Waals surface area contributed by atoms with Crippen LogP contribution in [-0.4, -0.2) is 64.5 Å². The van der Waals surface area contributed by atoms with Gasteiger partial charge in [-0.3, -0.25) is 19.0 Å². The van der Waals surface area contributed by atoms with E-state index in [9.17, 15) is 13.8 Å². The van der Waals surface area contributed by atoms with Crippen molar-refractivity contribution in [3.63, 3.8) is 0 Å². The molecule has 52 heavy (non-hydrogen) atoms. The largest absolute Gasteiger partial charge is 0.490 e. The van der Waals surface area contributed by atoms with Crippen LogP contribution in [0.4, 0.5) is 5.69 Å². The van der Waals surface area contributed by atoms with E-state index in [2.05, 4.69) is 50.3 Å². The first kappa shape index (κ1) is 34.1. The molecule has 10 nitrogen and oxygen atoms in total. The first-order chi connectivity index (χ1) is 24.9. The molecule has 274 valence electrons. The summed E-state index contributed by atoms with van der Waals surface area (Å²) in [7, 11) is -1.74. The van der Waals surface area contributed by atoms with Gasteiger partial charge in [0.15, 0.2) is 0 Å². The Morgan fingerprint density at radius 2 is 2.02 bits per heavy atom. The zero-order valence-corrected chi connectivity index (χ0v) is 31.5. The fraction of sp³-hybridized carbons (Fsp3) is 0.525. The number of benzene rings is 2. The normalized spacial score (nSPS) is 35.6. The minimum Gasteiger partial charge on any atom is -0.490 e. The molecule has 1 N–H and O–H groups in total. The number of ether oxygens (including phenoxy) is 2. The smallest absolute Gasteiger partial charge is 0.286 e. The molecule has 2 amide bonds. The Bertz CT molecular complexity index is 2140. The minimum atomic E-state index is -3.52. The van der Waals surface area contributed by atoms with Crippen molar-refractivity contribution >= 4 is 39.0 Å². The molecule has 0 unspecified atom stereocenters. The predicted molar refractivity (Wildman–Crippen MR) is 200 cm³/mol. The summed E-state index contributed by atoms with van der Waals surface area (Å²) in [4.78, 5) is 30.0. The summed E-state index contributed by atoms with van der Waals surface area (Å²) in [5.41, 5.74) is 3.96. The van der Waals surface area contributed by atoms with Crippen LogP contribution in [0, 0.1) is 22.7 Å². The maximum Gasteiger partial charge on any atom is 0.286 e. The number of halogens is 1. The number of allylic oxidation sites excluding steroid dienone is 1. The third-order valence-electron chi connectivity index (χ3n) is 12.9. The van der Waals surface area contributed by atoms with Gasteiger partial charge in [0, 0.05) is 53.7 Å². The Kier molecular flexibility index (Phi) is 7.99. The molecule has 1 aromatic heterocycles. The summed E-state index contributed by atoms with van der Waals surface area (Å²) in [5, 5.41) is 5.07. The zero-order valence-electron chi connectivity index (χ0n) is 30.0. The molecule has 2 spiro atoms. The first-order valence-electron chi connectivity index (χ1n) is 18.6. The van der Waals surface area contributed by atoms with Gasteiger partial charge in [-0.1, -0.05) is 43.7 Å². The quantitative estimate of drug-likeness (QED) is 0.288. The molecule has 2 bridgehead atoms. The number of amides is 2. The van der Waals surface area contributed by atoms with Gasteiger partial charge in [0.1, 0.15) is 15.7 Å². The highest BCUT2D eigenvalue weighted by molar-refractivity contribution is 7.92. The maximum atomic E-state index is 14.6. The van der Waals surface area contributed by atoms with Crippen molar-refractivity contribution in [1.82, 2.24) is 14.5 Å². The Hall–Kier alpha value is -3.67. The number of rotatable bonds is 4. The standard InChI is InChI=1S/C40H46ClN5O5S/c1-25-6-4-8-34(50-3)35-38(2)21-40(35,38)23-45-22-39(15-5-7-26-16-29(41)10-13-31(26)39)24-51-33-14-9-27(17-32(33)45)36(47)43-52(49,20-25)44-37(48)28-18-42-46(19-28)30-11-12-30/h4,8-10,13-14,16-19,25,30,34-35H,5-7,11-12,15,20-24H2,1-3H3,(H,43,44,47,48,49)/b8-4+/t25-,34-,35+,38-,39-,40-,52-/m0/s1. The molecule has 0 radical (unpaired) electrons. The lowest BCUT2D eigenvalue weighted by Gasteiger charge is -2.41. The topological polar surface area (TPSA) is 115 Å². The molecule has 0 saturated heterocycles. The van der Waals surface area contributed by atoms with Crippen LogP contribution in [0.15, 0.2) is 65.3 Å². The van der Waals surface area contributed by atoms with Crippen LogP contribution in [0.1, 0.15) is 90.3 Å². The molecule has 4 aliphatic carbocycles. The summed E-state index contributed by atoms with van der Waals surface area (Å²) in [6, 6.07) is 12.0. The van der Waals surface area contributed by atoms with Gasteiger partial charge in [-0.2, -0.15) is 5.10 Å². The predicted octanol–water partition coefficient (Wildman–Crippen LogP) is 6.93. The van der Waals surface area contributed by atoms with E-state index in [-0.39, 0.29) is 34.0 Å². The fourth-order valence-corrected chi connectivity index (χ4v) is 12.0. The van der Waals surface area contributed by atoms with E-state index in [1.807, 2.05) is 25.1 Å². The van der Waals surface area contributed by atoms with Gasteiger partial charge >= 0.3 is 0 Å². The summed E-state index contributed by atoms with van der Waals surface area (Å²) < 4.78 is 36.2. The number of nitrogens with one attached hydrogen (secondary N) is 1. The second-order valence-corrected chi connectivity index (χ2v) is 19.0. The molecule has 3 heterocycles. The van der Waals surface area contributed by atoms with Crippen LogP contribution in [0.5, 0.6) is 5.75 Å². The molecule has 6 aliphatic rings. The number of hydrogen-bond donors (Lipinski definition) is 1. The van der Waals surface area contributed by atoms with Gasteiger partial charge in [-0.05, 0) is 97.7 Å². The van der Waals surface area contributed by atoms with Gasteiger partial charge in [-0.25, -0.2) is 4.21 Å². The van der Waals surface area contributed by atoms with Crippen molar-refractivity contribution in [2.45, 2.75) is 76.4 Å². The summed E-state index contributed by atoms with van der Waals surface area (Å²) >= 11 is 6.48. The van der Waals surface area contributed by atoms with Crippen molar-refractivity contribution in [3.05, 3.63) is 88.2 Å². The van der Waals surface area contributed by atoms with Crippen molar-refractivity contribution in [2.75, 3.05) is 37.5 Å². The van der Waals surface area contributed by atoms with E-state index >= 15 is 0 Å². The number of methoxy groups -OCH3 is 1. The van der Waals surface area contributed by atoms with Crippen molar-refractivity contribution in [2.24, 2.45) is 27.0 Å². The number of aromatic nitrogens is 2. The second-order valence-electron chi connectivity index (χ2n) is 16.5. The highest BCUT2D eigenvalue weighted by atomic mass is 35.5. The molecule has 7 atom stereocenters. The number of hydrogen-bond acceptors (Lipinski definition) is 7. The third kappa shape index (κ3) is 5.69. The van der Waals surface area contributed by atoms with Crippen LogP contribution in [0.25, 0.3) is 0 Å². The molecule has 2 aromatic carbocycles. The van der Waals surface area contributed by atoms with Crippen molar-refractivity contribution < 1.29 is 23.3 Å². The van der Waals surface area contributed by atoms with E-state index in [1.54, 1.807) is 24.1 Å². The Morgan fingerprint density at radius 1 is 1.17 bits per heavy atom. The van der Waals surface area contributed by atoms with Crippen molar-refractivity contribution in [3.8, 4) is 5.75 Å². The molecule has 3 aromatic rings. The van der Waals surface area contributed by atoms with Crippen LogP contribution in [0.3, 0.4) is 0 Å². The summed E-state index contributed by atoms with van der Waals surface area (Å²) in [6.45, 7) is 6.38. The van der Waals surface area contributed by atoms with Crippen molar-refractivity contribution in [1.29, 1.82) is 0 Å².